The third-order valence-electron chi connectivity index (χ3n) is 3.49. The van der Waals surface area contributed by atoms with Gasteiger partial charge in [0.1, 0.15) is 0 Å². The molecular formula is C13H21ClN2OS. The van der Waals surface area contributed by atoms with Crippen LogP contribution in [-0.2, 0) is 11.2 Å². The summed E-state index contributed by atoms with van der Waals surface area (Å²) in [5.41, 5.74) is 0. The smallest absolute Gasteiger partial charge is 0.0931 e. The third kappa shape index (κ3) is 3.68. The normalized spacial score (nSPS) is 23.2. The van der Waals surface area contributed by atoms with Crippen LogP contribution in [0.4, 0.5) is 0 Å². The first-order chi connectivity index (χ1) is 8.72. The van der Waals surface area contributed by atoms with Crippen molar-refractivity contribution in [1.82, 2.24) is 10.2 Å². The zero-order valence-corrected chi connectivity index (χ0v) is 12.6. The molecule has 102 valence electrons. The van der Waals surface area contributed by atoms with Crippen LogP contribution < -0.4 is 5.32 Å². The highest BCUT2D eigenvalue weighted by molar-refractivity contribution is 7.16. The highest BCUT2D eigenvalue weighted by Crippen LogP contribution is 2.24. The minimum absolute atomic E-state index is 0.268. The number of hydrogen-bond acceptors (Lipinski definition) is 4. The fourth-order valence-electron chi connectivity index (χ4n) is 2.36. The number of thiophene rings is 1. The average molecular weight is 289 g/mol. The molecule has 2 unspecified atom stereocenters. The van der Waals surface area contributed by atoms with E-state index in [1.807, 2.05) is 13.1 Å². The van der Waals surface area contributed by atoms with Gasteiger partial charge >= 0.3 is 0 Å². The Kier molecular flexibility index (Phi) is 5.45. The lowest BCUT2D eigenvalue weighted by Crippen LogP contribution is -2.52. The number of morpholine rings is 1. The predicted molar refractivity (Wildman–Crippen MR) is 77.7 cm³/mol. The number of hydrogen-bond donors (Lipinski definition) is 1. The van der Waals surface area contributed by atoms with Crippen LogP contribution in [0.2, 0.25) is 4.34 Å². The molecule has 5 heteroatoms. The monoisotopic (exact) mass is 288 g/mol. The molecule has 1 fully saturated rings. The van der Waals surface area contributed by atoms with Crippen molar-refractivity contribution in [2.75, 3.05) is 33.3 Å². The predicted octanol–water partition coefficient (Wildman–Crippen LogP) is 2.25. The van der Waals surface area contributed by atoms with Gasteiger partial charge in [0.15, 0.2) is 0 Å². The van der Waals surface area contributed by atoms with Crippen molar-refractivity contribution in [3.63, 3.8) is 0 Å². The Labute approximate surface area is 118 Å². The Bertz CT molecular complexity index is 372. The second-order valence-electron chi connectivity index (χ2n) is 4.61. The molecule has 1 aromatic heterocycles. The quantitative estimate of drug-likeness (QED) is 0.899. The highest BCUT2D eigenvalue weighted by Gasteiger charge is 2.27. The zero-order valence-electron chi connectivity index (χ0n) is 11.0. The summed E-state index contributed by atoms with van der Waals surface area (Å²) in [5, 5.41) is 3.39. The van der Waals surface area contributed by atoms with E-state index >= 15 is 0 Å². The second-order valence-corrected chi connectivity index (χ2v) is 6.41. The van der Waals surface area contributed by atoms with E-state index in [1.54, 1.807) is 11.3 Å². The molecule has 2 atom stereocenters. The molecule has 1 N–H and O–H groups in total. The van der Waals surface area contributed by atoms with Crippen LogP contribution in [-0.4, -0.2) is 50.3 Å². The largest absolute Gasteiger partial charge is 0.374 e. The van der Waals surface area contributed by atoms with Crippen LogP contribution >= 0.6 is 22.9 Å². The van der Waals surface area contributed by atoms with Crippen molar-refractivity contribution in [3.8, 4) is 0 Å². The number of nitrogens with one attached hydrogen (secondary N) is 1. The summed E-state index contributed by atoms with van der Waals surface area (Å²) in [6.45, 7) is 6.20. The van der Waals surface area contributed by atoms with Gasteiger partial charge in [-0.2, -0.15) is 0 Å². The van der Waals surface area contributed by atoms with Crippen LogP contribution in [0.15, 0.2) is 12.1 Å². The maximum Gasteiger partial charge on any atom is 0.0931 e. The Morgan fingerprint density at radius 3 is 3.06 bits per heavy atom. The minimum Gasteiger partial charge on any atom is -0.374 e. The van der Waals surface area contributed by atoms with E-state index in [0.29, 0.717) is 6.04 Å². The Balaban J connectivity index is 1.95. The molecule has 1 aliphatic rings. The zero-order chi connectivity index (χ0) is 13.0. The molecule has 0 bridgehead atoms. The fourth-order valence-corrected chi connectivity index (χ4v) is 3.51. The van der Waals surface area contributed by atoms with Crippen molar-refractivity contribution in [2.45, 2.75) is 25.5 Å². The first-order valence-electron chi connectivity index (χ1n) is 6.48. The van der Waals surface area contributed by atoms with E-state index in [2.05, 4.69) is 23.2 Å². The summed E-state index contributed by atoms with van der Waals surface area (Å²) in [6.07, 6.45) is 1.25. The standard InChI is InChI=1S/C13H21ClN2OS/c1-3-16-6-7-17-12(9-16)11(15-2)8-10-4-5-13(14)18-10/h4-5,11-12,15H,3,6-9H2,1-2H3. The molecule has 0 aliphatic carbocycles. The van der Waals surface area contributed by atoms with Crippen LogP contribution in [0.25, 0.3) is 0 Å². The maximum absolute atomic E-state index is 5.98. The molecule has 1 saturated heterocycles. The lowest BCUT2D eigenvalue weighted by molar-refractivity contribution is -0.0434. The molecule has 1 aromatic rings. The van der Waals surface area contributed by atoms with E-state index in [9.17, 15) is 0 Å². The van der Waals surface area contributed by atoms with Crippen molar-refractivity contribution in [3.05, 3.63) is 21.3 Å². The first-order valence-corrected chi connectivity index (χ1v) is 7.67. The number of halogens is 1. The topological polar surface area (TPSA) is 24.5 Å². The summed E-state index contributed by atoms with van der Waals surface area (Å²) < 4.78 is 6.77. The molecular weight excluding hydrogens is 268 g/mol. The second kappa shape index (κ2) is 6.87. The van der Waals surface area contributed by atoms with Crippen LogP contribution in [0.3, 0.4) is 0 Å². The van der Waals surface area contributed by atoms with E-state index in [-0.39, 0.29) is 6.10 Å². The van der Waals surface area contributed by atoms with E-state index < -0.39 is 0 Å². The Morgan fingerprint density at radius 2 is 2.44 bits per heavy atom. The molecule has 3 nitrogen and oxygen atoms in total. The molecule has 0 aromatic carbocycles. The number of nitrogens with zero attached hydrogens (tertiary/aromatic N) is 1. The first kappa shape index (κ1) is 14.3. The Hall–Kier alpha value is -0.130. The van der Waals surface area contributed by atoms with Gasteiger partial charge in [0, 0.05) is 24.0 Å². The summed E-state index contributed by atoms with van der Waals surface area (Å²) >= 11 is 7.64. The molecule has 1 aliphatic heterocycles. The summed E-state index contributed by atoms with van der Waals surface area (Å²) in [7, 11) is 2.01. The van der Waals surface area contributed by atoms with Gasteiger partial charge in [0.05, 0.1) is 17.0 Å². The SMILES string of the molecule is CCN1CCOC(C(Cc2ccc(Cl)s2)NC)C1. The molecule has 0 radical (unpaired) electrons. The van der Waals surface area contributed by atoms with Gasteiger partial charge in [0.2, 0.25) is 0 Å². The van der Waals surface area contributed by atoms with E-state index in [1.165, 1.54) is 4.88 Å². The van der Waals surface area contributed by atoms with Crippen LogP contribution in [0.1, 0.15) is 11.8 Å². The molecule has 0 spiro atoms. The number of likely N-dealkylation sites (N-methyl/N-ethyl adjacent to an activating group) is 2. The third-order valence-corrected chi connectivity index (χ3v) is 4.75. The number of ether oxygens (including phenoxy) is 1. The van der Waals surface area contributed by atoms with Gasteiger partial charge in [-0.05, 0) is 32.1 Å². The van der Waals surface area contributed by atoms with Gasteiger partial charge < -0.3 is 10.1 Å². The molecule has 0 saturated carbocycles. The molecule has 2 rings (SSSR count). The minimum atomic E-state index is 0.268. The Morgan fingerprint density at radius 1 is 1.61 bits per heavy atom. The van der Waals surface area contributed by atoms with E-state index in [0.717, 1.165) is 37.0 Å². The average Bonchev–Trinajstić information content (AvgIpc) is 2.81. The van der Waals surface area contributed by atoms with Crippen molar-refractivity contribution in [2.24, 2.45) is 0 Å². The summed E-state index contributed by atoms with van der Waals surface area (Å²) in [6, 6.07) is 4.43. The van der Waals surface area contributed by atoms with Gasteiger partial charge in [0.25, 0.3) is 0 Å². The maximum atomic E-state index is 5.98. The van der Waals surface area contributed by atoms with Gasteiger partial charge in [-0.1, -0.05) is 18.5 Å². The lowest BCUT2D eigenvalue weighted by Gasteiger charge is -2.36. The highest BCUT2D eigenvalue weighted by atomic mass is 35.5. The van der Waals surface area contributed by atoms with Crippen LogP contribution in [0.5, 0.6) is 0 Å². The van der Waals surface area contributed by atoms with Crippen molar-refractivity contribution < 1.29 is 4.74 Å². The van der Waals surface area contributed by atoms with Gasteiger partial charge in [-0.25, -0.2) is 0 Å². The van der Waals surface area contributed by atoms with Gasteiger partial charge in [-0.15, -0.1) is 11.3 Å². The van der Waals surface area contributed by atoms with Crippen LogP contribution in [0, 0.1) is 0 Å². The van der Waals surface area contributed by atoms with Crippen molar-refractivity contribution >= 4 is 22.9 Å². The number of rotatable bonds is 5. The summed E-state index contributed by atoms with van der Waals surface area (Å²) in [5.74, 6) is 0. The fraction of sp³-hybridized carbons (Fsp3) is 0.692. The molecule has 2 heterocycles. The lowest BCUT2D eigenvalue weighted by atomic mass is 10.0. The van der Waals surface area contributed by atoms with E-state index in [4.69, 9.17) is 16.3 Å². The summed E-state index contributed by atoms with van der Waals surface area (Å²) in [4.78, 5) is 3.76. The molecule has 0 amide bonds. The van der Waals surface area contributed by atoms with Crippen molar-refractivity contribution in [1.29, 1.82) is 0 Å². The van der Waals surface area contributed by atoms with Gasteiger partial charge in [-0.3, -0.25) is 4.90 Å². The molecule has 18 heavy (non-hydrogen) atoms.